The first-order chi connectivity index (χ1) is 9.38. The molecule has 3 N–H and O–H groups in total. The summed E-state index contributed by atoms with van der Waals surface area (Å²) in [4.78, 5) is 42.5. The summed E-state index contributed by atoms with van der Waals surface area (Å²) < 4.78 is 0. The van der Waals surface area contributed by atoms with E-state index in [2.05, 4.69) is 15.0 Å². The van der Waals surface area contributed by atoms with Crippen LogP contribution in [0.25, 0.3) is 11.0 Å². The molecular weight excluding hydrogens is 262 g/mol. The molecule has 2 aromatic rings. The van der Waals surface area contributed by atoms with Crippen molar-refractivity contribution in [2.24, 2.45) is 5.92 Å². The summed E-state index contributed by atoms with van der Waals surface area (Å²) >= 11 is 0. The number of carboxylic acids is 1. The Hall–Kier alpha value is -2.44. The molecular formula is C13H15N3O4. The van der Waals surface area contributed by atoms with Crippen LogP contribution < -0.4 is 11.2 Å². The zero-order chi connectivity index (χ0) is 14.9. The van der Waals surface area contributed by atoms with Gasteiger partial charge < -0.3 is 5.11 Å². The van der Waals surface area contributed by atoms with Crippen LogP contribution >= 0.6 is 0 Å². The lowest BCUT2D eigenvalue weighted by Crippen LogP contribution is -2.24. The third-order valence-corrected chi connectivity index (χ3v) is 3.00. The first-order valence-corrected chi connectivity index (χ1v) is 6.28. The highest BCUT2D eigenvalue weighted by molar-refractivity contribution is 5.90. The van der Waals surface area contributed by atoms with Crippen molar-refractivity contribution in [1.29, 1.82) is 0 Å². The van der Waals surface area contributed by atoms with Crippen molar-refractivity contribution in [3.8, 4) is 0 Å². The number of fused-ring (bicyclic) bond motifs is 1. The minimum atomic E-state index is -1.20. The van der Waals surface area contributed by atoms with Crippen LogP contribution in [0.2, 0.25) is 0 Å². The van der Waals surface area contributed by atoms with E-state index in [1.165, 1.54) is 6.07 Å². The Labute approximate surface area is 113 Å². The summed E-state index contributed by atoms with van der Waals surface area (Å²) in [5.41, 5.74) is -0.840. The van der Waals surface area contributed by atoms with E-state index in [0.29, 0.717) is 17.9 Å². The van der Waals surface area contributed by atoms with Gasteiger partial charge in [0.15, 0.2) is 5.69 Å². The Morgan fingerprint density at radius 2 is 2.05 bits per heavy atom. The minimum Gasteiger partial charge on any atom is -0.477 e. The van der Waals surface area contributed by atoms with E-state index in [0.717, 1.165) is 6.42 Å². The van der Waals surface area contributed by atoms with E-state index in [9.17, 15) is 14.4 Å². The minimum absolute atomic E-state index is 0.0115. The van der Waals surface area contributed by atoms with Gasteiger partial charge >= 0.3 is 11.7 Å². The van der Waals surface area contributed by atoms with Gasteiger partial charge in [-0.05, 0) is 30.4 Å². The van der Waals surface area contributed by atoms with Gasteiger partial charge in [0.1, 0.15) is 5.65 Å². The highest BCUT2D eigenvalue weighted by Crippen LogP contribution is 2.16. The van der Waals surface area contributed by atoms with E-state index in [1.54, 1.807) is 0 Å². The molecule has 0 saturated carbocycles. The molecule has 20 heavy (non-hydrogen) atoms. The number of aryl methyl sites for hydroxylation is 1. The average Bonchev–Trinajstić information content (AvgIpc) is 2.34. The van der Waals surface area contributed by atoms with Gasteiger partial charge in [-0.2, -0.15) is 0 Å². The molecule has 0 aliphatic carbocycles. The molecule has 0 unspecified atom stereocenters. The second kappa shape index (κ2) is 5.28. The largest absolute Gasteiger partial charge is 0.477 e. The van der Waals surface area contributed by atoms with Gasteiger partial charge in [0.2, 0.25) is 0 Å². The number of aromatic carboxylic acids is 1. The van der Waals surface area contributed by atoms with Gasteiger partial charge in [0.05, 0.1) is 5.39 Å². The van der Waals surface area contributed by atoms with Gasteiger partial charge in [-0.15, -0.1) is 0 Å². The van der Waals surface area contributed by atoms with Crippen LogP contribution in [-0.2, 0) is 6.42 Å². The lowest BCUT2D eigenvalue weighted by molar-refractivity contribution is 0.0690. The summed E-state index contributed by atoms with van der Waals surface area (Å²) in [6, 6.07) is 1.39. The number of carbonyl (C=O) groups is 1. The molecule has 2 heterocycles. The van der Waals surface area contributed by atoms with Crippen LogP contribution in [0.1, 0.15) is 36.3 Å². The predicted octanol–water partition coefficient (Wildman–Crippen LogP) is 0.898. The molecule has 0 fully saturated rings. The van der Waals surface area contributed by atoms with Crippen molar-refractivity contribution < 1.29 is 9.90 Å². The fourth-order valence-electron chi connectivity index (χ4n) is 2.00. The molecule has 106 valence electrons. The molecule has 0 radical (unpaired) electrons. The van der Waals surface area contributed by atoms with Crippen LogP contribution in [-0.4, -0.2) is 26.0 Å². The predicted molar refractivity (Wildman–Crippen MR) is 73.1 cm³/mol. The number of aromatic amines is 2. The molecule has 0 aromatic carbocycles. The SMILES string of the molecule is CC(C)CCc1cc(C(=O)O)nc2[nH]c(=O)[nH]c(=O)c12. The van der Waals surface area contributed by atoms with Crippen LogP contribution in [0, 0.1) is 5.92 Å². The van der Waals surface area contributed by atoms with Gasteiger partial charge in [-0.3, -0.25) is 14.8 Å². The Kier molecular flexibility index (Phi) is 3.69. The first kappa shape index (κ1) is 14.0. The number of hydrogen-bond donors (Lipinski definition) is 3. The normalized spacial score (nSPS) is 11.2. The van der Waals surface area contributed by atoms with E-state index in [4.69, 9.17) is 5.11 Å². The van der Waals surface area contributed by atoms with Crippen LogP contribution in [0.4, 0.5) is 0 Å². The molecule has 0 amide bonds. The van der Waals surface area contributed by atoms with E-state index in [-0.39, 0.29) is 16.7 Å². The first-order valence-electron chi connectivity index (χ1n) is 6.28. The van der Waals surface area contributed by atoms with Crippen LogP contribution in [0.15, 0.2) is 15.7 Å². The Morgan fingerprint density at radius 3 is 2.65 bits per heavy atom. The van der Waals surface area contributed by atoms with Crippen molar-refractivity contribution in [3.05, 3.63) is 38.2 Å². The van der Waals surface area contributed by atoms with E-state index < -0.39 is 17.2 Å². The van der Waals surface area contributed by atoms with Crippen LogP contribution in [0.3, 0.4) is 0 Å². The van der Waals surface area contributed by atoms with Crippen molar-refractivity contribution >= 4 is 17.0 Å². The average molecular weight is 277 g/mol. The molecule has 0 aliphatic heterocycles. The Bertz CT molecular complexity index is 773. The molecule has 0 aliphatic rings. The number of nitrogens with zero attached hydrogens (tertiary/aromatic N) is 1. The highest BCUT2D eigenvalue weighted by Gasteiger charge is 2.14. The Balaban J connectivity index is 2.71. The van der Waals surface area contributed by atoms with Gasteiger partial charge in [-0.25, -0.2) is 14.6 Å². The summed E-state index contributed by atoms with van der Waals surface area (Å²) in [6.07, 6.45) is 1.35. The van der Waals surface area contributed by atoms with Crippen molar-refractivity contribution in [3.63, 3.8) is 0 Å². The lowest BCUT2D eigenvalue weighted by Gasteiger charge is -2.08. The van der Waals surface area contributed by atoms with Crippen molar-refractivity contribution in [1.82, 2.24) is 15.0 Å². The molecule has 0 saturated heterocycles. The molecule has 0 bridgehead atoms. The molecule has 2 rings (SSSR count). The molecule has 7 nitrogen and oxygen atoms in total. The summed E-state index contributed by atoms with van der Waals surface area (Å²) in [5.74, 6) is -0.785. The standard InChI is InChI=1S/C13H15N3O4/c1-6(2)3-4-7-5-8(12(18)19)14-10-9(7)11(17)16-13(20)15-10/h5-6H,3-4H2,1-2H3,(H,18,19)(H2,14,15,16,17,20). The zero-order valence-corrected chi connectivity index (χ0v) is 11.2. The maximum absolute atomic E-state index is 11.9. The summed E-state index contributed by atoms with van der Waals surface area (Å²) in [6.45, 7) is 4.07. The second-order valence-corrected chi connectivity index (χ2v) is 5.04. The fourth-order valence-corrected chi connectivity index (χ4v) is 2.00. The number of H-pyrrole nitrogens is 2. The Morgan fingerprint density at radius 1 is 1.35 bits per heavy atom. The molecule has 0 spiro atoms. The third kappa shape index (κ3) is 2.76. The number of rotatable bonds is 4. The topological polar surface area (TPSA) is 116 Å². The quantitative estimate of drug-likeness (QED) is 0.767. The fraction of sp³-hybridized carbons (Fsp3) is 0.385. The lowest BCUT2D eigenvalue weighted by atomic mass is 10.0. The third-order valence-electron chi connectivity index (χ3n) is 3.00. The maximum Gasteiger partial charge on any atom is 0.354 e. The number of nitrogens with one attached hydrogen (secondary N) is 2. The summed E-state index contributed by atoms with van der Waals surface area (Å²) in [5, 5.41) is 9.29. The summed E-state index contributed by atoms with van der Waals surface area (Å²) in [7, 11) is 0. The highest BCUT2D eigenvalue weighted by atomic mass is 16.4. The molecule has 0 atom stereocenters. The van der Waals surface area contributed by atoms with Gasteiger partial charge in [0.25, 0.3) is 5.56 Å². The van der Waals surface area contributed by atoms with Crippen LogP contribution in [0.5, 0.6) is 0 Å². The van der Waals surface area contributed by atoms with Crippen molar-refractivity contribution in [2.45, 2.75) is 26.7 Å². The number of carboxylic acid groups (broad SMARTS) is 1. The van der Waals surface area contributed by atoms with E-state index in [1.807, 2.05) is 13.8 Å². The van der Waals surface area contributed by atoms with Crippen molar-refractivity contribution in [2.75, 3.05) is 0 Å². The maximum atomic E-state index is 11.9. The smallest absolute Gasteiger partial charge is 0.354 e. The van der Waals surface area contributed by atoms with Gasteiger partial charge in [0, 0.05) is 0 Å². The molecule has 2 aromatic heterocycles. The zero-order valence-electron chi connectivity index (χ0n) is 11.2. The van der Waals surface area contributed by atoms with Gasteiger partial charge in [-0.1, -0.05) is 13.8 Å². The van der Waals surface area contributed by atoms with E-state index >= 15 is 0 Å². The molecule has 7 heteroatoms. The number of hydrogen-bond acceptors (Lipinski definition) is 4. The number of pyridine rings is 1. The monoisotopic (exact) mass is 277 g/mol. The second-order valence-electron chi connectivity index (χ2n) is 5.04. The number of aromatic nitrogens is 3.